The Hall–Kier alpha value is -2.34. The van der Waals surface area contributed by atoms with Gasteiger partial charge >= 0.3 is 0 Å². The number of nitrogens with one attached hydrogen (secondary N) is 2. The molecule has 0 spiro atoms. The van der Waals surface area contributed by atoms with Crippen LogP contribution in [0.2, 0.25) is 0 Å². The summed E-state index contributed by atoms with van der Waals surface area (Å²) in [4.78, 5) is 26.1. The number of aromatic nitrogens is 1. The highest BCUT2D eigenvalue weighted by Crippen LogP contribution is 2.34. The summed E-state index contributed by atoms with van der Waals surface area (Å²) in [7, 11) is 4.19. The van der Waals surface area contributed by atoms with Gasteiger partial charge in [0.25, 0.3) is 0 Å². The second kappa shape index (κ2) is 6.76. The number of nitrogens with zero attached hydrogens (tertiary/aromatic N) is 2. The monoisotopic (exact) mass is 354 g/mol. The Kier molecular flexibility index (Phi) is 4.44. The van der Waals surface area contributed by atoms with Crippen LogP contribution in [0.5, 0.6) is 0 Å². The van der Waals surface area contributed by atoms with Gasteiger partial charge in [0, 0.05) is 43.8 Å². The number of rotatable bonds is 3. The molecule has 1 aromatic heterocycles. The smallest absolute Gasteiger partial charge is 0.234 e. The van der Waals surface area contributed by atoms with E-state index in [1.54, 1.807) is 0 Å². The van der Waals surface area contributed by atoms with Crippen LogP contribution >= 0.6 is 0 Å². The van der Waals surface area contributed by atoms with Gasteiger partial charge in [-0.15, -0.1) is 0 Å². The molecule has 0 aliphatic carbocycles. The lowest BCUT2D eigenvalue weighted by Gasteiger charge is -2.33. The zero-order valence-corrected chi connectivity index (χ0v) is 15.4. The van der Waals surface area contributed by atoms with E-state index in [4.69, 9.17) is 0 Å². The van der Waals surface area contributed by atoms with Crippen LogP contribution in [0.15, 0.2) is 24.4 Å². The summed E-state index contributed by atoms with van der Waals surface area (Å²) in [5, 5.41) is 6.99. The summed E-state index contributed by atoms with van der Waals surface area (Å²) in [5.74, 6) is -0.591. The molecule has 2 saturated heterocycles. The average molecular weight is 354 g/mol. The lowest BCUT2D eigenvalue weighted by Crippen LogP contribution is -2.41. The van der Waals surface area contributed by atoms with Gasteiger partial charge in [-0.1, -0.05) is 6.07 Å². The second-order valence-electron chi connectivity index (χ2n) is 7.49. The highest BCUT2D eigenvalue weighted by atomic mass is 16.2. The zero-order chi connectivity index (χ0) is 18.3. The van der Waals surface area contributed by atoms with Crippen LogP contribution in [-0.2, 0) is 16.6 Å². The number of carbonyl (C=O) groups excluding carboxylic acids is 2. The summed E-state index contributed by atoms with van der Waals surface area (Å²) >= 11 is 0. The molecule has 2 aromatic rings. The van der Waals surface area contributed by atoms with Gasteiger partial charge in [-0.05, 0) is 50.0 Å². The van der Waals surface area contributed by atoms with E-state index in [0.717, 1.165) is 42.4 Å². The molecule has 1 unspecified atom stereocenters. The molecule has 2 N–H and O–H groups in total. The van der Waals surface area contributed by atoms with Crippen molar-refractivity contribution in [3.05, 3.63) is 30.0 Å². The Morgan fingerprint density at radius 1 is 1.15 bits per heavy atom. The third-order valence-corrected chi connectivity index (χ3v) is 5.88. The van der Waals surface area contributed by atoms with Crippen LogP contribution in [0, 0.1) is 0 Å². The van der Waals surface area contributed by atoms with E-state index in [2.05, 4.69) is 45.3 Å². The van der Waals surface area contributed by atoms with Crippen LogP contribution in [0.3, 0.4) is 0 Å². The van der Waals surface area contributed by atoms with Gasteiger partial charge in [-0.25, -0.2) is 0 Å². The van der Waals surface area contributed by atoms with Crippen molar-refractivity contribution < 1.29 is 9.59 Å². The first-order valence-corrected chi connectivity index (χ1v) is 9.41. The Morgan fingerprint density at radius 3 is 2.65 bits per heavy atom. The molecule has 6 nitrogen and oxygen atoms in total. The van der Waals surface area contributed by atoms with Gasteiger partial charge in [0.2, 0.25) is 11.8 Å². The molecule has 2 aliphatic heterocycles. The maximum absolute atomic E-state index is 12.3. The third-order valence-electron chi connectivity index (χ3n) is 5.88. The van der Waals surface area contributed by atoms with E-state index in [0.29, 0.717) is 18.9 Å². The predicted octanol–water partition coefficient (Wildman–Crippen LogP) is 1.89. The highest BCUT2D eigenvalue weighted by Gasteiger charge is 2.30. The number of anilines is 1. The fraction of sp³-hybridized carbons (Fsp3) is 0.500. The Bertz CT molecular complexity index is 851. The Morgan fingerprint density at radius 2 is 1.92 bits per heavy atom. The molecule has 2 amide bonds. The molecule has 6 heteroatoms. The van der Waals surface area contributed by atoms with E-state index in [9.17, 15) is 9.59 Å². The molecule has 26 heavy (non-hydrogen) atoms. The largest absolute Gasteiger partial charge is 0.371 e. The molecule has 0 bridgehead atoms. The minimum Gasteiger partial charge on any atom is -0.371 e. The third kappa shape index (κ3) is 2.98. The van der Waals surface area contributed by atoms with Gasteiger partial charge in [-0.2, -0.15) is 0 Å². The number of carbonyl (C=O) groups is 2. The maximum atomic E-state index is 12.3. The van der Waals surface area contributed by atoms with Crippen molar-refractivity contribution >= 4 is 28.4 Å². The van der Waals surface area contributed by atoms with Crippen LogP contribution in [0.4, 0.5) is 5.69 Å². The van der Waals surface area contributed by atoms with Gasteiger partial charge < -0.3 is 14.8 Å². The molecule has 2 fully saturated rings. The zero-order valence-electron chi connectivity index (χ0n) is 15.4. The number of piperidine rings is 2. The van der Waals surface area contributed by atoms with Gasteiger partial charge in [0.05, 0.1) is 11.4 Å². The first kappa shape index (κ1) is 17.1. The minimum atomic E-state index is -0.246. The summed E-state index contributed by atoms with van der Waals surface area (Å²) in [5.41, 5.74) is 3.35. The number of imide groups is 1. The van der Waals surface area contributed by atoms with E-state index in [-0.39, 0.29) is 17.7 Å². The van der Waals surface area contributed by atoms with Crippen LogP contribution in [0.25, 0.3) is 10.9 Å². The molecule has 4 rings (SSSR count). The topological polar surface area (TPSA) is 66.4 Å². The Balaban J connectivity index is 1.66. The van der Waals surface area contributed by atoms with Crippen molar-refractivity contribution in [2.75, 3.05) is 25.0 Å². The predicted molar refractivity (Wildman–Crippen MR) is 102 cm³/mol. The van der Waals surface area contributed by atoms with Crippen molar-refractivity contribution in [2.45, 2.75) is 37.6 Å². The number of benzene rings is 1. The average Bonchev–Trinajstić information content (AvgIpc) is 2.98. The molecular formula is C20H26N4O2. The van der Waals surface area contributed by atoms with Crippen LogP contribution < -0.4 is 15.5 Å². The molecule has 138 valence electrons. The lowest BCUT2D eigenvalue weighted by molar-refractivity contribution is -0.134. The summed E-state index contributed by atoms with van der Waals surface area (Å²) < 4.78 is 2.09. The number of fused-ring (bicyclic) bond motifs is 1. The number of aryl methyl sites for hydroxylation is 1. The van der Waals surface area contributed by atoms with E-state index < -0.39 is 0 Å². The lowest BCUT2D eigenvalue weighted by atomic mass is 9.90. The van der Waals surface area contributed by atoms with Crippen molar-refractivity contribution in [1.82, 2.24) is 15.2 Å². The molecule has 0 radical (unpaired) electrons. The van der Waals surface area contributed by atoms with E-state index in [1.807, 2.05) is 13.2 Å². The van der Waals surface area contributed by atoms with Crippen molar-refractivity contribution in [3.63, 3.8) is 0 Å². The van der Waals surface area contributed by atoms with Gasteiger partial charge in [-0.3, -0.25) is 14.9 Å². The van der Waals surface area contributed by atoms with Gasteiger partial charge in [0.15, 0.2) is 0 Å². The maximum Gasteiger partial charge on any atom is 0.234 e. The normalized spacial score (nSPS) is 21.8. The highest BCUT2D eigenvalue weighted by molar-refractivity contribution is 6.03. The fourth-order valence-electron chi connectivity index (χ4n) is 4.30. The Labute approximate surface area is 153 Å². The van der Waals surface area contributed by atoms with Crippen LogP contribution in [-0.4, -0.2) is 42.6 Å². The minimum absolute atomic E-state index is 0.169. The summed E-state index contributed by atoms with van der Waals surface area (Å²) in [6, 6.07) is 7.05. The first-order valence-electron chi connectivity index (χ1n) is 9.41. The number of amides is 2. The quantitative estimate of drug-likeness (QED) is 0.826. The van der Waals surface area contributed by atoms with Gasteiger partial charge in [0.1, 0.15) is 0 Å². The van der Waals surface area contributed by atoms with Crippen LogP contribution in [0.1, 0.15) is 37.2 Å². The van der Waals surface area contributed by atoms with Crippen molar-refractivity contribution in [2.24, 2.45) is 7.05 Å². The summed E-state index contributed by atoms with van der Waals surface area (Å²) in [6.45, 7) is 2.14. The molecule has 1 aromatic carbocycles. The molecule has 3 heterocycles. The standard InChI is InChI=1S/C20H26N4O2/c1-23-12-17(16-5-6-19(25)22-20(16)26)15-4-3-14(11-18(15)23)24(2)13-7-9-21-10-8-13/h3-4,11-13,16,21H,5-10H2,1-2H3,(H,22,25,26). The number of hydrogen-bond donors (Lipinski definition) is 2. The second-order valence-corrected chi connectivity index (χ2v) is 7.49. The molecule has 1 atom stereocenters. The number of hydrogen-bond acceptors (Lipinski definition) is 4. The van der Waals surface area contributed by atoms with E-state index >= 15 is 0 Å². The van der Waals surface area contributed by atoms with Crippen molar-refractivity contribution in [3.8, 4) is 0 Å². The van der Waals surface area contributed by atoms with Crippen molar-refractivity contribution in [1.29, 1.82) is 0 Å². The molecule has 2 aliphatic rings. The first-order chi connectivity index (χ1) is 12.5. The molecular weight excluding hydrogens is 328 g/mol. The molecule has 0 saturated carbocycles. The summed E-state index contributed by atoms with van der Waals surface area (Å²) in [6.07, 6.45) is 5.34. The van der Waals surface area contributed by atoms with E-state index in [1.165, 1.54) is 5.69 Å². The fourth-order valence-corrected chi connectivity index (χ4v) is 4.30. The SMILES string of the molecule is CN(c1ccc2c(C3CCC(=O)NC3=O)cn(C)c2c1)C1CCNCC1.